The number of nitrogens with one attached hydrogen (secondary N) is 1. The van der Waals surface area contributed by atoms with Crippen molar-refractivity contribution in [1.29, 1.82) is 0 Å². The Kier molecular flexibility index (Phi) is 6.24. The average molecular weight is 480 g/mol. The first-order chi connectivity index (χ1) is 16.1. The van der Waals surface area contributed by atoms with Crippen molar-refractivity contribution in [1.82, 2.24) is 9.21 Å². The normalized spacial score (nSPS) is 13.6. The molecule has 0 aromatic heterocycles. The van der Waals surface area contributed by atoms with Gasteiger partial charge in [0.25, 0.3) is 11.8 Å². The Bertz CT molecular complexity index is 1380. The molecule has 176 valence electrons. The van der Waals surface area contributed by atoms with Gasteiger partial charge in [0.1, 0.15) is 0 Å². The monoisotopic (exact) mass is 479 g/mol. The summed E-state index contributed by atoms with van der Waals surface area (Å²) in [4.78, 5) is 39.7. The SMILES string of the molecule is Cc1ccc(S(=O)(=O)N(C)C)cc1NC(=O)CCCN1C(=O)c2cccc3cccc(c23)C1=O. The molecule has 0 saturated carbocycles. The van der Waals surface area contributed by atoms with E-state index in [1.54, 1.807) is 37.3 Å². The van der Waals surface area contributed by atoms with E-state index >= 15 is 0 Å². The van der Waals surface area contributed by atoms with Crippen LogP contribution in [0.2, 0.25) is 0 Å². The van der Waals surface area contributed by atoms with Gasteiger partial charge in [-0.3, -0.25) is 19.3 Å². The van der Waals surface area contributed by atoms with Crippen LogP contribution in [0.25, 0.3) is 10.8 Å². The number of imide groups is 1. The van der Waals surface area contributed by atoms with E-state index in [1.807, 2.05) is 12.1 Å². The van der Waals surface area contributed by atoms with Crippen LogP contribution in [0.3, 0.4) is 0 Å². The fourth-order valence-corrected chi connectivity index (χ4v) is 4.93. The van der Waals surface area contributed by atoms with Crippen molar-refractivity contribution in [3.8, 4) is 0 Å². The zero-order valence-electron chi connectivity index (χ0n) is 19.2. The molecule has 0 unspecified atom stereocenters. The molecular formula is C25H25N3O5S. The first-order valence-electron chi connectivity index (χ1n) is 10.8. The summed E-state index contributed by atoms with van der Waals surface area (Å²) in [5.74, 6) is -1.07. The first kappa shape index (κ1) is 23.6. The average Bonchev–Trinajstić information content (AvgIpc) is 2.80. The lowest BCUT2D eigenvalue weighted by Gasteiger charge is -2.27. The lowest BCUT2D eigenvalue weighted by molar-refractivity contribution is -0.116. The minimum Gasteiger partial charge on any atom is -0.326 e. The molecule has 1 N–H and O–H groups in total. The zero-order valence-corrected chi connectivity index (χ0v) is 20.0. The molecule has 0 spiro atoms. The lowest BCUT2D eigenvalue weighted by Crippen LogP contribution is -2.41. The topological polar surface area (TPSA) is 104 Å². The molecule has 0 atom stereocenters. The highest BCUT2D eigenvalue weighted by Gasteiger charge is 2.32. The van der Waals surface area contributed by atoms with Crippen LogP contribution in [0, 0.1) is 6.92 Å². The summed E-state index contributed by atoms with van der Waals surface area (Å²) in [6, 6.07) is 15.3. The maximum atomic E-state index is 13.0. The second kappa shape index (κ2) is 9.00. The van der Waals surface area contributed by atoms with E-state index in [0.29, 0.717) is 22.2 Å². The minimum absolute atomic E-state index is 0.0625. The molecule has 0 radical (unpaired) electrons. The first-order valence-corrected chi connectivity index (χ1v) is 12.3. The molecule has 0 saturated heterocycles. The molecule has 1 aliphatic rings. The van der Waals surface area contributed by atoms with Crippen LogP contribution in [0.1, 0.15) is 39.1 Å². The van der Waals surface area contributed by atoms with E-state index in [-0.39, 0.29) is 42.0 Å². The Morgan fingerprint density at radius 1 is 0.971 bits per heavy atom. The standard InChI is InChI=1S/C25H25N3O5S/c1-16-12-13-18(34(32,33)27(2)3)15-21(16)26-22(29)11-6-14-28-24(30)19-9-4-7-17-8-5-10-20(23(17)19)25(28)31/h4-5,7-10,12-13,15H,6,11,14H2,1-3H3,(H,26,29). The Balaban J connectivity index is 1.43. The van der Waals surface area contributed by atoms with Crippen molar-refractivity contribution >= 4 is 44.2 Å². The van der Waals surface area contributed by atoms with Gasteiger partial charge in [0.15, 0.2) is 0 Å². The number of sulfonamides is 1. The summed E-state index contributed by atoms with van der Waals surface area (Å²) < 4.78 is 25.9. The molecule has 1 aliphatic heterocycles. The van der Waals surface area contributed by atoms with Gasteiger partial charge < -0.3 is 5.32 Å². The number of amides is 3. The third kappa shape index (κ3) is 4.20. The molecule has 8 nitrogen and oxygen atoms in total. The van der Waals surface area contributed by atoms with Crippen LogP contribution in [0.4, 0.5) is 5.69 Å². The molecule has 0 bridgehead atoms. The van der Waals surface area contributed by atoms with Crippen LogP contribution in [0.15, 0.2) is 59.5 Å². The Hall–Kier alpha value is -3.56. The number of anilines is 1. The number of rotatable bonds is 7. The fraction of sp³-hybridized carbons (Fsp3) is 0.240. The van der Waals surface area contributed by atoms with Crippen molar-refractivity contribution in [2.75, 3.05) is 26.0 Å². The van der Waals surface area contributed by atoms with Crippen LogP contribution in [-0.4, -0.2) is 56.0 Å². The summed E-state index contributed by atoms with van der Waals surface area (Å²) in [7, 11) is -0.756. The third-order valence-electron chi connectivity index (χ3n) is 5.90. The van der Waals surface area contributed by atoms with Gasteiger partial charge in [0.05, 0.1) is 4.90 Å². The van der Waals surface area contributed by atoms with Crippen molar-refractivity contribution in [2.45, 2.75) is 24.7 Å². The molecule has 34 heavy (non-hydrogen) atoms. The van der Waals surface area contributed by atoms with E-state index in [2.05, 4.69) is 5.32 Å². The number of nitrogens with zero attached hydrogens (tertiary/aromatic N) is 2. The summed E-state index contributed by atoms with van der Waals surface area (Å²) >= 11 is 0. The third-order valence-corrected chi connectivity index (χ3v) is 7.71. The van der Waals surface area contributed by atoms with Gasteiger partial charge in [-0.25, -0.2) is 12.7 Å². The van der Waals surface area contributed by atoms with Gasteiger partial charge in [-0.05, 0) is 48.6 Å². The number of hydrogen-bond donors (Lipinski definition) is 1. The van der Waals surface area contributed by atoms with Crippen molar-refractivity contribution in [2.24, 2.45) is 0 Å². The molecule has 3 amide bonds. The highest BCUT2D eigenvalue weighted by atomic mass is 32.2. The summed E-state index contributed by atoms with van der Waals surface area (Å²) in [5.41, 5.74) is 2.08. The zero-order chi connectivity index (χ0) is 24.6. The number of benzene rings is 3. The van der Waals surface area contributed by atoms with Gasteiger partial charge in [-0.15, -0.1) is 0 Å². The maximum absolute atomic E-state index is 13.0. The molecule has 0 aliphatic carbocycles. The van der Waals surface area contributed by atoms with E-state index in [0.717, 1.165) is 15.3 Å². The highest BCUT2D eigenvalue weighted by molar-refractivity contribution is 7.89. The Morgan fingerprint density at radius 2 is 1.59 bits per heavy atom. The summed E-state index contributed by atoms with van der Waals surface area (Å²) in [6.45, 7) is 1.87. The maximum Gasteiger partial charge on any atom is 0.261 e. The molecule has 1 heterocycles. The van der Waals surface area contributed by atoms with Gasteiger partial charge >= 0.3 is 0 Å². The van der Waals surface area contributed by atoms with E-state index in [9.17, 15) is 22.8 Å². The van der Waals surface area contributed by atoms with Crippen LogP contribution in [0.5, 0.6) is 0 Å². The van der Waals surface area contributed by atoms with Crippen molar-refractivity contribution < 1.29 is 22.8 Å². The lowest BCUT2D eigenvalue weighted by atomic mass is 9.94. The quantitative estimate of drug-likeness (QED) is 0.523. The summed E-state index contributed by atoms with van der Waals surface area (Å²) in [6.07, 6.45) is 0.337. The number of hydrogen-bond acceptors (Lipinski definition) is 5. The van der Waals surface area contributed by atoms with Gasteiger partial charge in [-0.2, -0.15) is 0 Å². The predicted molar refractivity (Wildman–Crippen MR) is 129 cm³/mol. The summed E-state index contributed by atoms with van der Waals surface area (Å²) in [5, 5.41) is 4.24. The van der Waals surface area contributed by atoms with E-state index in [1.165, 1.54) is 31.1 Å². The van der Waals surface area contributed by atoms with Gasteiger partial charge in [0.2, 0.25) is 15.9 Å². The smallest absolute Gasteiger partial charge is 0.261 e. The highest BCUT2D eigenvalue weighted by Crippen LogP contribution is 2.30. The second-order valence-electron chi connectivity index (χ2n) is 8.39. The molecule has 9 heteroatoms. The number of aryl methyl sites for hydroxylation is 1. The van der Waals surface area contributed by atoms with Crippen molar-refractivity contribution in [3.05, 3.63) is 71.3 Å². The van der Waals surface area contributed by atoms with Crippen molar-refractivity contribution in [3.63, 3.8) is 0 Å². The van der Waals surface area contributed by atoms with E-state index < -0.39 is 10.0 Å². The Labute approximate surface area is 198 Å². The predicted octanol–water partition coefficient (Wildman–Crippen LogP) is 3.41. The molecule has 3 aromatic carbocycles. The van der Waals surface area contributed by atoms with Crippen LogP contribution >= 0.6 is 0 Å². The largest absolute Gasteiger partial charge is 0.326 e. The fourth-order valence-electron chi connectivity index (χ4n) is 4.00. The number of carbonyl (C=O) groups is 3. The molecule has 4 rings (SSSR count). The molecule has 0 fully saturated rings. The molecular weight excluding hydrogens is 454 g/mol. The van der Waals surface area contributed by atoms with Gasteiger partial charge in [0, 0.05) is 49.3 Å². The Morgan fingerprint density at radius 3 is 2.18 bits per heavy atom. The van der Waals surface area contributed by atoms with Crippen LogP contribution < -0.4 is 5.32 Å². The molecule has 3 aromatic rings. The number of carbonyl (C=O) groups excluding carboxylic acids is 3. The minimum atomic E-state index is -3.64. The van der Waals surface area contributed by atoms with E-state index in [4.69, 9.17) is 0 Å². The van der Waals surface area contributed by atoms with Crippen LogP contribution in [-0.2, 0) is 14.8 Å². The second-order valence-corrected chi connectivity index (χ2v) is 10.5. The van der Waals surface area contributed by atoms with Gasteiger partial charge in [-0.1, -0.05) is 30.3 Å².